The van der Waals surface area contributed by atoms with Crippen molar-refractivity contribution in [3.8, 4) is 11.4 Å². The number of carbonyl (C=O) groups excluding carboxylic acids is 1. The van der Waals surface area contributed by atoms with Crippen LogP contribution in [0.15, 0.2) is 156 Å². The molecule has 528 valence electrons. The lowest BCUT2D eigenvalue weighted by Crippen LogP contribution is -2.08. The lowest BCUT2D eigenvalue weighted by Gasteiger charge is -2.14. The Bertz CT molecular complexity index is 5320. The first-order valence-electron chi connectivity index (χ1n) is 35.1. The molecule has 4 aromatic carbocycles. The summed E-state index contributed by atoms with van der Waals surface area (Å²) in [5.41, 5.74) is 38.8. The molecular formula is C80H88BrN19O3. The van der Waals surface area contributed by atoms with Crippen LogP contribution in [-0.2, 0) is 60.8 Å². The van der Waals surface area contributed by atoms with E-state index in [1.807, 2.05) is 120 Å². The molecule has 14 aromatic rings. The van der Waals surface area contributed by atoms with Crippen LogP contribution < -0.4 is 0 Å². The van der Waals surface area contributed by atoms with Crippen LogP contribution in [0.1, 0.15) is 177 Å². The van der Waals surface area contributed by atoms with Gasteiger partial charge in [0, 0.05) is 140 Å². The summed E-state index contributed by atoms with van der Waals surface area (Å²) in [7, 11) is 0. The van der Waals surface area contributed by atoms with E-state index in [0.717, 1.165) is 181 Å². The van der Waals surface area contributed by atoms with Gasteiger partial charge < -0.3 is 9.47 Å². The van der Waals surface area contributed by atoms with Crippen molar-refractivity contribution in [1.82, 2.24) is 78.0 Å². The molecule has 0 bridgehead atoms. The highest BCUT2D eigenvalue weighted by molar-refractivity contribution is 9.10. The number of azide groups is 1. The van der Waals surface area contributed by atoms with Crippen LogP contribution in [-0.4, -0.2) is 97.5 Å². The van der Waals surface area contributed by atoms with Crippen LogP contribution in [0, 0.1) is 55.4 Å². The molecule has 0 fully saturated rings. The molecule has 0 amide bonds. The SMILES string of the molecule is CCOC(OCC)c1cnn(-c2ccc(Cc3c(CC)nn4c(C)cc(C)nc34)cc2)c1.CCc1nn2c(C)cc(C)nc2c1Cc1ccc(-n2cc(C=O)cn2)cc1.CCc1nn2c(C)cc(C)nc2c1Cc1ccc(Br)cc1.CCc1nn2c(C)cc(C)nc2c1Cc1ccc(N=[N+]=[N-])cc1. The summed E-state index contributed by atoms with van der Waals surface area (Å²) < 4.78 is 23.8. The van der Waals surface area contributed by atoms with E-state index in [4.69, 9.17) is 50.4 Å². The summed E-state index contributed by atoms with van der Waals surface area (Å²) in [6, 6.07) is 41.0. The summed E-state index contributed by atoms with van der Waals surface area (Å²) in [6.45, 7) is 30.0. The molecule has 0 unspecified atom stereocenters. The Hall–Kier alpha value is -10.8. The molecule has 14 rings (SSSR count). The molecule has 0 aliphatic carbocycles. The van der Waals surface area contributed by atoms with Gasteiger partial charge in [0.1, 0.15) is 0 Å². The number of hydrogen-bond donors (Lipinski definition) is 0. The van der Waals surface area contributed by atoms with Crippen molar-refractivity contribution in [2.24, 2.45) is 5.11 Å². The minimum Gasteiger partial charge on any atom is -0.349 e. The first kappa shape index (κ1) is 73.4. The number of rotatable bonds is 21. The third-order valence-corrected chi connectivity index (χ3v) is 18.3. The summed E-state index contributed by atoms with van der Waals surface area (Å²) in [4.78, 5) is 32.5. The molecule has 23 heteroatoms. The van der Waals surface area contributed by atoms with Gasteiger partial charge in [0.2, 0.25) is 0 Å². The first-order valence-corrected chi connectivity index (χ1v) is 35.9. The number of ether oxygens (including phenoxy) is 2. The first-order chi connectivity index (χ1) is 49.8. The van der Waals surface area contributed by atoms with Crippen molar-refractivity contribution < 1.29 is 14.3 Å². The van der Waals surface area contributed by atoms with Crippen molar-refractivity contribution in [2.45, 2.75) is 155 Å². The molecule has 0 aliphatic rings. The van der Waals surface area contributed by atoms with Crippen LogP contribution in [0.5, 0.6) is 0 Å². The van der Waals surface area contributed by atoms with Gasteiger partial charge in [-0.1, -0.05) is 109 Å². The second-order valence-corrected chi connectivity index (χ2v) is 26.4. The van der Waals surface area contributed by atoms with Crippen molar-refractivity contribution in [3.63, 3.8) is 0 Å². The van der Waals surface area contributed by atoms with Crippen LogP contribution >= 0.6 is 15.9 Å². The number of aldehydes is 1. The zero-order valence-corrected chi connectivity index (χ0v) is 62.8. The number of benzene rings is 4. The Kier molecular flexibility index (Phi) is 23.7. The number of hydrogen-bond acceptors (Lipinski definition) is 14. The van der Waals surface area contributed by atoms with Crippen molar-refractivity contribution in [2.75, 3.05) is 13.2 Å². The van der Waals surface area contributed by atoms with Crippen molar-refractivity contribution >= 4 is 50.5 Å². The lowest BCUT2D eigenvalue weighted by atomic mass is 10.0. The van der Waals surface area contributed by atoms with Crippen LogP contribution in [0.4, 0.5) is 5.69 Å². The van der Waals surface area contributed by atoms with Gasteiger partial charge in [-0.3, -0.25) is 4.79 Å². The highest BCUT2D eigenvalue weighted by Gasteiger charge is 2.21. The molecule has 0 radical (unpaired) electrons. The number of aryl methyl sites for hydroxylation is 12. The Labute approximate surface area is 608 Å². The average Bonchev–Trinajstić information content (AvgIpc) is 1.66. The van der Waals surface area contributed by atoms with Gasteiger partial charge in [-0.05, 0) is 183 Å². The van der Waals surface area contributed by atoms with E-state index in [9.17, 15) is 4.79 Å². The van der Waals surface area contributed by atoms with E-state index in [0.29, 0.717) is 24.5 Å². The zero-order chi connectivity index (χ0) is 73.0. The average molecular weight is 1440 g/mol. The van der Waals surface area contributed by atoms with E-state index in [1.54, 1.807) is 23.3 Å². The highest BCUT2D eigenvalue weighted by atomic mass is 79.9. The molecule has 0 atom stereocenters. The fourth-order valence-corrected chi connectivity index (χ4v) is 13.1. The minimum atomic E-state index is -0.388. The summed E-state index contributed by atoms with van der Waals surface area (Å²) in [5, 5.41) is 31.3. The largest absolute Gasteiger partial charge is 0.349 e. The van der Waals surface area contributed by atoms with E-state index in [-0.39, 0.29) is 6.29 Å². The number of halogens is 1. The van der Waals surface area contributed by atoms with Gasteiger partial charge in [-0.2, -0.15) is 30.6 Å². The quantitative estimate of drug-likeness (QED) is 0.0214. The molecule has 10 aromatic heterocycles. The van der Waals surface area contributed by atoms with Crippen molar-refractivity contribution in [1.29, 1.82) is 0 Å². The number of carbonyl (C=O) groups is 1. The lowest BCUT2D eigenvalue weighted by molar-refractivity contribution is -0.140. The number of aromatic nitrogens is 16. The molecule has 0 saturated heterocycles. The summed E-state index contributed by atoms with van der Waals surface area (Å²) in [5.74, 6) is 0. The van der Waals surface area contributed by atoms with E-state index in [1.165, 1.54) is 33.4 Å². The van der Waals surface area contributed by atoms with E-state index in [2.05, 4.69) is 168 Å². The van der Waals surface area contributed by atoms with Crippen LogP contribution in [0.3, 0.4) is 0 Å². The third kappa shape index (κ3) is 17.1. The molecule has 0 spiro atoms. The Morgan fingerprint density at radius 2 is 0.777 bits per heavy atom. The molecule has 0 saturated carbocycles. The molecular weight excluding hydrogens is 1350 g/mol. The Morgan fingerprint density at radius 1 is 0.456 bits per heavy atom. The molecule has 22 nitrogen and oxygen atoms in total. The number of fused-ring (bicyclic) bond motifs is 4. The molecule has 103 heavy (non-hydrogen) atoms. The second kappa shape index (κ2) is 33.3. The molecule has 10 heterocycles. The topological polar surface area (TPSA) is 241 Å². The smallest absolute Gasteiger partial charge is 0.186 e. The van der Waals surface area contributed by atoms with Crippen molar-refractivity contribution in [3.05, 3.63) is 285 Å². The number of nitrogens with zero attached hydrogens (tertiary/aromatic N) is 19. The Morgan fingerprint density at radius 3 is 1.09 bits per heavy atom. The van der Waals surface area contributed by atoms with Crippen LogP contribution in [0.2, 0.25) is 0 Å². The third-order valence-electron chi connectivity index (χ3n) is 17.8. The predicted octanol–water partition coefficient (Wildman–Crippen LogP) is 17.0. The predicted molar refractivity (Wildman–Crippen MR) is 406 cm³/mol. The molecule has 0 aliphatic heterocycles. The van der Waals surface area contributed by atoms with Gasteiger partial charge in [-0.25, -0.2) is 47.4 Å². The summed E-state index contributed by atoms with van der Waals surface area (Å²) in [6.07, 6.45) is 14.2. The minimum absolute atomic E-state index is 0.388. The van der Waals surface area contributed by atoms with E-state index >= 15 is 0 Å². The fourth-order valence-electron chi connectivity index (χ4n) is 12.9. The molecule has 0 N–H and O–H groups in total. The van der Waals surface area contributed by atoms with Crippen LogP contribution in [0.25, 0.3) is 44.4 Å². The monoisotopic (exact) mass is 1440 g/mol. The maximum Gasteiger partial charge on any atom is 0.186 e. The normalized spacial score (nSPS) is 11.3. The van der Waals surface area contributed by atoms with Gasteiger partial charge in [-0.15, -0.1) is 0 Å². The summed E-state index contributed by atoms with van der Waals surface area (Å²) >= 11 is 3.48. The standard InChI is InChI=1S/C25H31N5O2.C21H21N5O.C17H18BrN3.C17H18N6/c1-6-23-22(24-27-17(4)13-18(5)30(24)28-23)14-19-9-11-21(12-10-19)29-16-20(15-26-29)25(31-7-2)32-8-3;1-4-20-19(21-23-14(2)9-15(3)26(21)24-20)10-16-5-7-18(8-6-16)25-12-17(13-27)11-22-25;1-4-16-15(10-13-5-7-14(18)8-6-13)17-19-11(2)9-12(3)21(17)20-16;1-4-16-15(10-13-5-7-14(8-6-13)20-22-18)17-19-11(2)9-12(3)23(17)21-16/h9-13,15-16,25H,6-8,14H2,1-5H3;5-9,11-13H,4,10H2,1-3H3;5-9H,4,10H2,1-3H3;5-9H,4,10H2,1-3H3. The maximum atomic E-state index is 10.8. The van der Waals surface area contributed by atoms with Gasteiger partial charge >= 0.3 is 0 Å². The Balaban J connectivity index is 0.000000139. The highest BCUT2D eigenvalue weighted by Crippen LogP contribution is 2.28. The van der Waals surface area contributed by atoms with Gasteiger partial charge in [0.25, 0.3) is 0 Å². The maximum absolute atomic E-state index is 10.8. The second-order valence-electron chi connectivity index (χ2n) is 25.5. The van der Waals surface area contributed by atoms with E-state index < -0.39 is 0 Å². The fraction of sp³-hybridized carbons (Fsp3) is 0.312. The van der Waals surface area contributed by atoms with Gasteiger partial charge in [0.15, 0.2) is 35.2 Å². The zero-order valence-electron chi connectivity index (χ0n) is 61.2. The van der Waals surface area contributed by atoms with Gasteiger partial charge in [0.05, 0.1) is 52.1 Å².